The molecule has 0 saturated carbocycles. The Hall–Kier alpha value is -2.68. The largest absolute Gasteiger partial charge is 0.464 e. The number of carbonyl (C=O) groups excluding carboxylic acids is 1. The van der Waals surface area contributed by atoms with Crippen molar-refractivity contribution in [2.24, 2.45) is 4.99 Å². The Bertz CT molecular complexity index is 763. The molecule has 27 heavy (non-hydrogen) atoms. The van der Waals surface area contributed by atoms with E-state index in [0.717, 1.165) is 16.8 Å². The van der Waals surface area contributed by atoms with Crippen molar-refractivity contribution in [1.29, 1.82) is 0 Å². The predicted octanol–water partition coefficient (Wildman–Crippen LogP) is 5.59. The average molecular weight is 366 g/mol. The standard InChI is InChI=1S/C24H29NO2/c1-3-5-6-7-14-19-22(24(26)27-4-2)25-23(20-15-10-8-11-16-20)21-17-12-9-13-18-21/h3,8-13,15-18,22H,1,4-7,14,19H2,2H3/i6D2. The van der Waals surface area contributed by atoms with Gasteiger partial charge in [-0.15, -0.1) is 6.58 Å². The first kappa shape index (κ1) is 17.7. The van der Waals surface area contributed by atoms with Crippen LogP contribution in [0.25, 0.3) is 0 Å². The summed E-state index contributed by atoms with van der Waals surface area (Å²) in [6.45, 7) is 5.67. The minimum absolute atomic E-state index is 0.286. The molecule has 2 aromatic carbocycles. The number of esters is 1. The minimum atomic E-state index is -1.33. The molecule has 3 nitrogen and oxygen atoms in total. The van der Waals surface area contributed by atoms with Gasteiger partial charge < -0.3 is 4.74 Å². The van der Waals surface area contributed by atoms with Gasteiger partial charge in [0.25, 0.3) is 0 Å². The fourth-order valence-corrected chi connectivity index (χ4v) is 2.76. The van der Waals surface area contributed by atoms with Crippen LogP contribution in [0.2, 0.25) is 0 Å². The number of hydrogen-bond donors (Lipinski definition) is 0. The van der Waals surface area contributed by atoms with Crippen LogP contribution in [-0.4, -0.2) is 24.3 Å². The second-order valence-corrected chi connectivity index (χ2v) is 6.11. The van der Waals surface area contributed by atoms with E-state index < -0.39 is 12.4 Å². The molecule has 0 amide bonds. The smallest absolute Gasteiger partial charge is 0.330 e. The fourth-order valence-electron chi connectivity index (χ4n) is 2.76. The zero-order valence-electron chi connectivity index (χ0n) is 17.9. The van der Waals surface area contributed by atoms with Crippen molar-refractivity contribution < 1.29 is 12.3 Å². The van der Waals surface area contributed by atoms with Crippen LogP contribution in [0.5, 0.6) is 0 Å². The predicted molar refractivity (Wildman–Crippen MR) is 112 cm³/mol. The Labute approximate surface area is 165 Å². The second kappa shape index (κ2) is 11.8. The Kier molecular flexibility index (Phi) is 7.77. The maximum Gasteiger partial charge on any atom is 0.330 e. The lowest BCUT2D eigenvalue weighted by atomic mass is 10.0. The third-order valence-corrected chi connectivity index (χ3v) is 4.06. The van der Waals surface area contributed by atoms with Gasteiger partial charge in [-0.3, -0.25) is 4.99 Å². The van der Waals surface area contributed by atoms with Crippen LogP contribution in [0.15, 0.2) is 78.3 Å². The highest BCUT2D eigenvalue weighted by molar-refractivity contribution is 6.13. The van der Waals surface area contributed by atoms with Crippen molar-refractivity contribution >= 4 is 11.7 Å². The summed E-state index contributed by atoms with van der Waals surface area (Å²) in [6, 6.07) is 18.8. The van der Waals surface area contributed by atoms with Gasteiger partial charge >= 0.3 is 5.97 Å². The lowest BCUT2D eigenvalue weighted by molar-refractivity contribution is -0.144. The van der Waals surface area contributed by atoms with Gasteiger partial charge in [-0.1, -0.05) is 79.6 Å². The first-order valence-corrected chi connectivity index (χ1v) is 9.43. The van der Waals surface area contributed by atoms with E-state index >= 15 is 0 Å². The SMILES string of the molecule is [2H]C([2H])(CC=C)CCCC(N=C(c1ccccc1)c1ccccc1)C(=O)OCC. The van der Waals surface area contributed by atoms with Gasteiger partial charge in [0.1, 0.15) is 6.04 Å². The minimum Gasteiger partial charge on any atom is -0.464 e. The number of rotatable bonds is 11. The molecule has 0 aliphatic rings. The molecule has 2 rings (SSSR count). The zero-order chi connectivity index (χ0) is 21.1. The van der Waals surface area contributed by atoms with Crippen molar-refractivity contribution in [1.82, 2.24) is 0 Å². The van der Waals surface area contributed by atoms with Crippen molar-refractivity contribution in [2.45, 2.75) is 45.0 Å². The van der Waals surface area contributed by atoms with Gasteiger partial charge in [0.2, 0.25) is 0 Å². The number of aliphatic imine (C=N–C) groups is 1. The van der Waals surface area contributed by atoms with E-state index in [1.807, 2.05) is 60.7 Å². The number of nitrogens with zero attached hydrogens (tertiary/aromatic N) is 1. The topological polar surface area (TPSA) is 38.7 Å². The Morgan fingerprint density at radius 2 is 1.70 bits per heavy atom. The van der Waals surface area contributed by atoms with E-state index in [-0.39, 0.29) is 12.6 Å². The molecular weight excluding hydrogens is 334 g/mol. The molecule has 1 atom stereocenters. The average Bonchev–Trinajstić information content (AvgIpc) is 2.72. The highest BCUT2D eigenvalue weighted by Crippen LogP contribution is 2.16. The summed E-state index contributed by atoms with van der Waals surface area (Å²) in [5.74, 6) is -0.374. The molecule has 0 aliphatic carbocycles. The summed E-state index contributed by atoms with van der Waals surface area (Å²) in [6.07, 6.45) is 1.86. The summed E-state index contributed by atoms with van der Waals surface area (Å²) < 4.78 is 21.3. The molecule has 0 bridgehead atoms. The lowest BCUT2D eigenvalue weighted by Crippen LogP contribution is -2.24. The van der Waals surface area contributed by atoms with Crippen LogP contribution >= 0.6 is 0 Å². The highest BCUT2D eigenvalue weighted by atomic mass is 16.5. The molecule has 0 heterocycles. The Morgan fingerprint density at radius 1 is 1.11 bits per heavy atom. The molecule has 0 radical (unpaired) electrons. The molecule has 2 aromatic rings. The second-order valence-electron chi connectivity index (χ2n) is 6.11. The van der Waals surface area contributed by atoms with E-state index in [9.17, 15) is 4.79 Å². The van der Waals surface area contributed by atoms with Crippen molar-refractivity contribution in [3.63, 3.8) is 0 Å². The summed E-state index contributed by atoms with van der Waals surface area (Å²) in [5.41, 5.74) is 2.59. The molecule has 3 heteroatoms. The molecule has 0 spiro atoms. The molecule has 0 saturated heterocycles. The summed E-state index contributed by atoms with van der Waals surface area (Å²) >= 11 is 0. The van der Waals surface area contributed by atoms with Gasteiger partial charge in [-0.25, -0.2) is 4.79 Å². The monoisotopic (exact) mass is 365 g/mol. The van der Waals surface area contributed by atoms with Crippen molar-refractivity contribution in [2.75, 3.05) is 6.61 Å². The van der Waals surface area contributed by atoms with Gasteiger partial charge in [0.15, 0.2) is 0 Å². The van der Waals surface area contributed by atoms with Crippen LogP contribution in [-0.2, 0) is 9.53 Å². The lowest BCUT2D eigenvalue weighted by Gasteiger charge is -2.15. The number of benzene rings is 2. The van der Waals surface area contributed by atoms with Gasteiger partial charge in [0.05, 0.1) is 12.3 Å². The van der Waals surface area contributed by atoms with Gasteiger partial charge in [-0.05, 0) is 26.1 Å². The van der Waals surface area contributed by atoms with Crippen LogP contribution < -0.4 is 0 Å². The molecule has 0 aliphatic heterocycles. The summed E-state index contributed by atoms with van der Waals surface area (Å²) in [7, 11) is 0. The zero-order valence-corrected chi connectivity index (χ0v) is 15.9. The van der Waals surface area contributed by atoms with Crippen LogP contribution in [0, 0.1) is 0 Å². The molecule has 0 N–H and O–H groups in total. The van der Waals surface area contributed by atoms with Crippen LogP contribution in [0.1, 0.15) is 52.8 Å². The molecule has 142 valence electrons. The summed E-state index contributed by atoms with van der Waals surface area (Å²) in [4.78, 5) is 17.4. The maximum atomic E-state index is 12.6. The number of hydrogen-bond acceptors (Lipinski definition) is 3. The Balaban J connectivity index is 2.31. The molecule has 0 fully saturated rings. The van der Waals surface area contributed by atoms with Crippen molar-refractivity contribution in [3.8, 4) is 0 Å². The van der Waals surface area contributed by atoms with E-state index in [4.69, 9.17) is 12.5 Å². The quantitative estimate of drug-likeness (QED) is 0.296. The number of ether oxygens (including phenoxy) is 1. The van der Waals surface area contributed by atoms with Crippen LogP contribution in [0.4, 0.5) is 0 Å². The highest BCUT2D eigenvalue weighted by Gasteiger charge is 2.20. The number of carbonyl (C=O) groups is 1. The van der Waals surface area contributed by atoms with E-state index in [1.54, 1.807) is 13.0 Å². The molecule has 0 aromatic heterocycles. The molecular formula is C24H29NO2. The van der Waals surface area contributed by atoms with E-state index in [1.165, 1.54) is 0 Å². The molecule has 1 unspecified atom stereocenters. The first-order valence-electron chi connectivity index (χ1n) is 10.4. The third-order valence-electron chi connectivity index (χ3n) is 4.06. The van der Waals surface area contributed by atoms with Crippen LogP contribution in [0.3, 0.4) is 0 Å². The maximum absolute atomic E-state index is 12.6. The number of allylic oxidation sites excluding steroid dienone is 1. The van der Waals surface area contributed by atoms with Gasteiger partial charge in [0, 0.05) is 13.9 Å². The van der Waals surface area contributed by atoms with E-state index in [0.29, 0.717) is 25.7 Å². The fraction of sp³-hybridized carbons (Fsp3) is 0.333. The Morgan fingerprint density at radius 3 is 2.22 bits per heavy atom. The third kappa shape index (κ3) is 6.86. The van der Waals surface area contributed by atoms with Gasteiger partial charge in [-0.2, -0.15) is 0 Å². The van der Waals surface area contributed by atoms with E-state index in [2.05, 4.69) is 6.58 Å². The first-order chi connectivity index (χ1) is 14.0. The summed E-state index contributed by atoms with van der Waals surface area (Å²) in [5, 5.41) is 0. The van der Waals surface area contributed by atoms with Crippen molar-refractivity contribution in [3.05, 3.63) is 84.4 Å². The normalized spacial score (nSPS) is 13.1.